The van der Waals surface area contributed by atoms with E-state index in [0.29, 0.717) is 11.8 Å². The van der Waals surface area contributed by atoms with E-state index in [9.17, 15) is 31.9 Å². The van der Waals surface area contributed by atoms with E-state index < -0.39 is 59.2 Å². The quantitative estimate of drug-likeness (QED) is 0.368. The van der Waals surface area contributed by atoms with Crippen molar-refractivity contribution < 1.29 is 41.4 Å². The molecule has 0 saturated heterocycles. The number of nitrogens with zero attached hydrogens (tertiary/aromatic N) is 2. The Labute approximate surface area is 194 Å². The summed E-state index contributed by atoms with van der Waals surface area (Å²) in [5, 5.41) is 5.95. The first kappa shape index (κ1) is 23.7. The largest absolute Gasteiger partial charge is 0.586 e. The molecule has 2 aromatic carbocycles. The molecule has 0 aliphatic carbocycles. The van der Waals surface area contributed by atoms with Crippen LogP contribution >= 0.6 is 0 Å². The molecule has 1 aliphatic heterocycles. The molecule has 35 heavy (non-hydrogen) atoms. The van der Waals surface area contributed by atoms with Crippen LogP contribution in [0.2, 0.25) is 0 Å². The Balaban J connectivity index is 1.72. The Hall–Kier alpha value is -4.42. The van der Waals surface area contributed by atoms with Gasteiger partial charge in [0.1, 0.15) is 11.7 Å². The lowest BCUT2D eigenvalue weighted by Gasteiger charge is -2.16. The number of ether oxygens (including phenoxy) is 2. The van der Waals surface area contributed by atoms with Gasteiger partial charge in [-0.05, 0) is 17.7 Å². The van der Waals surface area contributed by atoms with Crippen LogP contribution in [0.3, 0.4) is 0 Å². The number of benzene rings is 2. The number of aromatic nitrogens is 2. The summed E-state index contributed by atoms with van der Waals surface area (Å²) in [6, 6.07) is 10.5. The van der Waals surface area contributed by atoms with E-state index in [0.717, 1.165) is 6.07 Å². The van der Waals surface area contributed by atoms with Gasteiger partial charge >= 0.3 is 12.8 Å². The number of hydrogen-bond donors (Lipinski definition) is 2. The van der Waals surface area contributed by atoms with Gasteiger partial charge in [0, 0.05) is 18.2 Å². The van der Waals surface area contributed by atoms with Crippen molar-refractivity contribution >= 4 is 17.6 Å². The molecule has 3 N–H and O–H groups in total. The van der Waals surface area contributed by atoms with E-state index >= 15 is 0 Å². The van der Waals surface area contributed by atoms with Crippen LogP contribution in [0, 0.1) is 0 Å². The number of para-hydroxylation sites is 1. The molecule has 9 nitrogen and oxygen atoms in total. The number of nitrogens with two attached hydrogens (primary N) is 1. The minimum atomic E-state index is -4.01. The highest BCUT2D eigenvalue weighted by Gasteiger charge is 2.45. The molecule has 1 aromatic heterocycles. The topological polar surface area (TPSA) is 126 Å². The van der Waals surface area contributed by atoms with Crippen molar-refractivity contribution in [3.8, 4) is 22.8 Å². The number of Topliss-reactive ketones (excluding diaryl/α,β-unsaturated/α-hetero) is 1. The van der Waals surface area contributed by atoms with Gasteiger partial charge in [-0.1, -0.05) is 36.4 Å². The van der Waals surface area contributed by atoms with Gasteiger partial charge < -0.3 is 20.5 Å². The maximum atomic E-state index is 13.6. The maximum absolute atomic E-state index is 13.6. The minimum absolute atomic E-state index is 0.128. The van der Waals surface area contributed by atoms with Gasteiger partial charge in [0.2, 0.25) is 5.78 Å². The fourth-order valence-electron chi connectivity index (χ4n) is 3.48. The fraction of sp³-hybridized carbons (Fsp3) is 0.182. The third kappa shape index (κ3) is 4.93. The zero-order valence-electron chi connectivity index (χ0n) is 17.6. The zero-order chi connectivity index (χ0) is 25.3. The lowest BCUT2D eigenvalue weighted by atomic mass is 10.0. The standard InChI is InChI=1S/C22H16F4N4O5/c23-21(24)30-10-13(16(29-30)12-7-4-8-15-18(12)35-22(25,26)34-15)20(33)28-14(17(31)19(27)32)9-11-5-2-1-3-6-11/h1-8,10,14,21H,9H2,(H2,27,32)(H,28,33). The van der Waals surface area contributed by atoms with Gasteiger partial charge in [-0.25, -0.2) is 4.68 Å². The summed E-state index contributed by atoms with van der Waals surface area (Å²) in [6.45, 7) is -3.18. The summed E-state index contributed by atoms with van der Waals surface area (Å²) in [7, 11) is 0. The number of hydrogen-bond acceptors (Lipinski definition) is 6. The molecule has 1 aliphatic rings. The van der Waals surface area contributed by atoms with Crippen molar-refractivity contribution in [2.24, 2.45) is 5.73 Å². The highest BCUT2D eigenvalue weighted by molar-refractivity contribution is 6.38. The van der Waals surface area contributed by atoms with Crippen LogP contribution in [0.5, 0.6) is 11.5 Å². The summed E-state index contributed by atoms with van der Waals surface area (Å²) in [5.74, 6) is -4.42. The van der Waals surface area contributed by atoms with Crippen molar-refractivity contribution in [1.29, 1.82) is 0 Å². The number of halogens is 4. The van der Waals surface area contributed by atoms with Crippen LogP contribution in [-0.4, -0.2) is 39.7 Å². The average Bonchev–Trinajstić information content (AvgIpc) is 3.38. The average molecular weight is 492 g/mol. The van der Waals surface area contributed by atoms with Crippen molar-refractivity contribution in [1.82, 2.24) is 15.1 Å². The third-order valence-corrected chi connectivity index (χ3v) is 5.01. The Morgan fingerprint density at radius 1 is 1.06 bits per heavy atom. The SMILES string of the molecule is NC(=O)C(=O)C(Cc1ccccc1)NC(=O)c1cn(C(F)F)nc1-c1cccc2c1OC(F)(F)O2. The number of nitrogens with one attached hydrogen (secondary N) is 1. The number of rotatable bonds is 8. The van der Waals surface area contributed by atoms with E-state index in [1.807, 2.05) is 0 Å². The molecule has 3 aromatic rings. The van der Waals surface area contributed by atoms with Crippen LogP contribution in [-0.2, 0) is 16.0 Å². The van der Waals surface area contributed by atoms with Crippen molar-refractivity contribution in [3.63, 3.8) is 0 Å². The van der Waals surface area contributed by atoms with Crippen LogP contribution in [0.15, 0.2) is 54.7 Å². The predicted molar refractivity (Wildman–Crippen MR) is 111 cm³/mol. The van der Waals surface area contributed by atoms with Gasteiger partial charge in [-0.15, -0.1) is 8.78 Å². The summed E-state index contributed by atoms with van der Waals surface area (Å²) in [4.78, 5) is 37.0. The highest BCUT2D eigenvalue weighted by Crippen LogP contribution is 2.47. The van der Waals surface area contributed by atoms with Gasteiger partial charge in [0.15, 0.2) is 11.5 Å². The zero-order valence-corrected chi connectivity index (χ0v) is 17.6. The molecule has 0 radical (unpaired) electrons. The van der Waals surface area contributed by atoms with Gasteiger partial charge in [-0.2, -0.15) is 13.9 Å². The minimum Gasteiger partial charge on any atom is -0.395 e. The van der Waals surface area contributed by atoms with E-state index in [4.69, 9.17) is 5.73 Å². The Kier molecular flexibility index (Phi) is 6.16. The normalized spacial score (nSPS) is 14.5. The molecule has 1 atom stereocenters. The Bertz CT molecular complexity index is 1300. The van der Waals surface area contributed by atoms with Crippen LogP contribution in [0.25, 0.3) is 11.3 Å². The molecule has 0 spiro atoms. The first-order chi connectivity index (χ1) is 16.6. The van der Waals surface area contributed by atoms with Crippen molar-refractivity contribution in [2.75, 3.05) is 0 Å². The second-order valence-corrected chi connectivity index (χ2v) is 7.39. The summed E-state index contributed by atoms with van der Waals surface area (Å²) < 4.78 is 63.0. The smallest absolute Gasteiger partial charge is 0.395 e. The highest BCUT2D eigenvalue weighted by atomic mass is 19.3. The van der Waals surface area contributed by atoms with Crippen molar-refractivity contribution in [3.05, 3.63) is 65.9 Å². The second kappa shape index (κ2) is 9.08. The fourth-order valence-corrected chi connectivity index (χ4v) is 3.48. The molecule has 1 unspecified atom stereocenters. The Morgan fingerprint density at radius 2 is 1.77 bits per heavy atom. The summed E-state index contributed by atoms with van der Waals surface area (Å²) in [5.41, 5.74) is 4.51. The number of amides is 2. The molecule has 182 valence electrons. The molecule has 2 amide bonds. The maximum Gasteiger partial charge on any atom is 0.586 e. The molecule has 13 heteroatoms. The number of fused-ring (bicyclic) bond motifs is 1. The van der Waals surface area contributed by atoms with E-state index in [1.54, 1.807) is 30.3 Å². The number of primary amides is 1. The molecule has 0 saturated carbocycles. The molecule has 2 heterocycles. The van der Waals surface area contributed by atoms with Crippen molar-refractivity contribution in [2.45, 2.75) is 25.3 Å². The monoisotopic (exact) mass is 492 g/mol. The van der Waals surface area contributed by atoms with E-state index in [-0.39, 0.29) is 16.7 Å². The summed E-state index contributed by atoms with van der Waals surface area (Å²) in [6.07, 6.45) is -3.46. The first-order valence-electron chi connectivity index (χ1n) is 10.0. The molecular weight excluding hydrogens is 476 g/mol. The van der Waals surface area contributed by atoms with E-state index in [2.05, 4.69) is 19.9 Å². The number of alkyl halides is 4. The van der Waals surface area contributed by atoms with Crippen LogP contribution in [0.4, 0.5) is 17.6 Å². The third-order valence-electron chi connectivity index (χ3n) is 5.01. The molecule has 4 rings (SSSR count). The Morgan fingerprint density at radius 3 is 2.43 bits per heavy atom. The lowest BCUT2D eigenvalue weighted by Crippen LogP contribution is -2.47. The van der Waals surface area contributed by atoms with Gasteiger partial charge in [0.25, 0.3) is 11.8 Å². The van der Waals surface area contributed by atoms with Crippen LogP contribution < -0.4 is 20.5 Å². The van der Waals surface area contributed by atoms with E-state index in [1.165, 1.54) is 12.1 Å². The second-order valence-electron chi connectivity index (χ2n) is 7.39. The van der Waals surface area contributed by atoms with Gasteiger partial charge in [-0.3, -0.25) is 14.4 Å². The number of carbonyl (C=O) groups excluding carboxylic acids is 3. The lowest BCUT2D eigenvalue weighted by molar-refractivity contribution is -0.286. The van der Waals surface area contributed by atoms with Gasteiger partial charge in [0.05, 0.1) is 5.56 Å². The molecular formula is C22H16F4N4O5. The van der Waals surface area contributed by atoms with Crippen LogP contribution in [0.1, 0.15) is 22.5 Å². The predicted octanol–water partition coefficient (Wildman–Crippen LogP) is 2.66. The molecule has 0 fully saturated rings. The first-order valence-corrected chi connectivity index (χ1v) is 10.0. The number of carbonyl (C=O) groups is 3. The molecule has 0 bridgehead atoms. The summed E-state index contributed by atoms with van der Waals surface area (Å²) >= 11 is 0. The number of ketones is 1.